The van der Waals surface area contributed by atoms with Crippen LogP contribution in [-0.2, 0) is 9.59 Å². The zero-order valence-corrected chi connectivity index (χ0v) is 10.6. The maximum absolute atomic E-state index is 11.5. The lowest BCUT2D eigenvalue weighted by molar-refractivity contribution is -0.133. The number of hydrogen-bond acceptors (Lipinski definition) is 2. The molecule has 0 heterocycles. The van der Waals surface area contributed by atoms with Crippen LogP contribution in [0, 0.1) is 0 Å². The van der Waals surface area contributed by atoms with Crippen LogP contribution in [0.25, 0.3) is 0 Å². The lowest BCUT2D eigenvalue weighted by Crippen LogP contribution is -2.24. The van der Waals surface area contributed by atoms with E-state index in [2.05, 4.69) is 13.2 Å². The van der Waals surface area contributed by atoms with Crippen LogP contribution in [-0.4, -0.2) is 39.9 Å². The molecule has 0 radical (unpaired) electrons. The standard InChI is InChI=1S/C12H20O3S/c1-4-7-16(8-5-2,10-12(14)15)9-11(13)6-3/h4-5H,1-2,6-10H2,3H3,(H,14,15). The molecule has 0 aliphatic heterocycles. The molecular weight excluding hydrogens is 224 g/mol. The van der Waals surface area contributed by atoms with Gasteiger partial charge in [-0.3, -0.25) is 9.59 Å². The molecule has 0 atom stereocenters. The summed E-state index contributed by atoms with van der Waals surface area (Å²) in [6.45, 7) is 9.10. The molecule has 0 rings (SSSR count). The van der Waals surface area contributed by atoms with Crippen molar-refractivity contribution in [2.24, 2.45) is 0 Å². The summed E-state index contributed by atoms with van der Waals surface area (Å²) in [5.41, 5.74) is 0. The third-order valence-corrected chi connectivity index (χ3v) is 5.91. The van der Waals surface area contributed by atoms with Crippen LogP contribution < -0.4 is 0 Å². The Kier molecular flexibility index (Phi) is 6.81. The van der Waals surface area contributed by atoms with Crippen LogP contribution in [0.3, 0.4) is 0 Å². The molecule has 92 valence electrons. The molecule has 0 fully saturated rings. The molecule has 0 aliphatic carbocycles. The molecule has 0 saturated heterocycles. The highest BCUT2D eigenvalue weighted by molar-refractivity contribution is 8.34. The van der Waals surface area contributed by atoms with E-state index in [1.54, 1.807) is 19.1 Å². The molecule has 0 saturated carbocycles. The minimum atomic E-state index is -1.49. The van der Waals surface area contributed by atoms with Crippen molar-refractivity contribution in [1.29, 1.82) is 0 Å². The van der Waals surface area contributed by atoms with Gasteiger partial charge in [0.25, 0.3) is 0 Å². The molecule has 0 amide bonds. The summed E-state index contributed by atoms with van der Waals surface area (Å²) < 4.78 is 0. The van der Waals surface area contributed by atoms with Gasteiger partial charge in [-0.15, -0.1) is 13.2 Å². The van der Waals surface area contributed by atoms with Gasteiger partial charge in [0.2, 0.25) is 0 Å². The van der Waals surface area contributed by atoms with Gasteiger partial charge in [0.05, 0.1) is 5.75 Å². The van der Waals surface area contributed by atoms with Gasteiger partial charge in [-0.1, -0.05) is 19.1 Å². The Hall–Kier alpha value is -1.03. The summed E-state index contributed by atoms with van der Waals surface area (Å²) in [6, 6.07) is 0. The minimum absolute atomic E-state index is 0.0662. The van der Waals surface area contributed by atoms with E-state index in [0.29, 0.717) is 23.7 Å². The summed E-state index contributed by atoms with van der Waals surface area (Å²) in [5, 5.41) is 8.93. The van der Waals surface area contributed by atoms with E-state index >= 15 is 0 Å². The normalized spacial score (nSPS) is 11.8. The molecule has 0 unspecified atom stereocenters. The first-order chi connectivity index (χ1) is 7.49. The number of carbonyl (C=O) groups is 2. The van der Waals surface area contributed by atoms with Gasteiger partial charge in [0.1, 0.15) is 5.78 Å². The Labute approximate surface area is 98.6 Å². The van der Waals surface area contributed by atoms with Crippen LogP contribution in [0.5, 0.6) is 0 Å². The summed E-state index contributed by atoms with van der Waals surface area (Å²) in [4.78, 5) is 22.4. The highest BCUT2D eigenvalue weighted by Crippen LogP contribution is 2.47. The zero-order valence-electron chi connectivity index (χ0n) is 9.78. The van der Waals surface area contributed by atoms with Gasteiger partial charge in [0.15, 0.2) is 0 Å². The topological polar surface area (TPSA) is 54.4 Å². The number of Topliss-reactive ketones (excluding diaryl/α,β-unsaturated/α-hetero) is 1. The predicted octanol–water partition coefficient (Wildman–Crippen LogP) is 2.23. The quantitative estimate of drug-likeness (QED) is 0.633. The fourth-order valence-electron chi connectivity index (χ4n) is 1.56. The van der Waals surface area contributed by atoms with Crippen molar-refractivity contribution in [3.63, 3.8) is 0 Å². The van der Waals surface area contributed by atoms with Gasteiger partial charge in [-0.2, -0.15) is 0 Å². The molecule has 0 aliphatic rings. The fourth-order valence-corrected chi connectivity index (χ4v) is 4.68. The first kappa shape index (κ1) is 15.0. The molecule has 0 bridgehead atoms. The van der Waals surface area contributed by atoms with Crippen molar-refractivity contribution in [3.05, 3.63) is 25.3 Å². The lowest BCUT2D eigenvalue weighted by atomic mass is 10.4. The van der Waals surface area contributed by atoms with E-state index in [9.17, 15) is 9.59 Å². The van der Waals surface area contributed by atoms with Crippen molar-refractivity contribution >= 4 is 21.8 Å². The van der Waals surface area contributed by atoms with E-state index in [0.717, 1.165) is 0 Å². The van der Waals surface area contributed by atoms with Gasteiger partial charge >= 0.3 is 5.97 Å². The maximum Gasteiger partial charge on any atom is 0.311 e. The maximum atomic E-state index is 11.5. The highest BCUT2D eigenvalue weighted by atomic mass is 32.3. The summed E-state index contributed by atoms with van der Waals surface area (Å²) in [5.74, 6) is 0.932. The number of rotatable bonds is 9. The SMILES string of the molecule is C=CCS(CC=C)(CC(=O)O)CC(=O)CC. The number of carboxylic acids is 1. The van der Waals surface area contributed by atoms with Gasteiger partial charge in [0, 0.05) is 12.2 Å². The average Bonchev–Trinajstić information content (AvgIpc) is 2.17. The predicted molar refractivity (Wildman–Crippen MR) is 70.4 cm³/mol. The minimum Gasteiger partial charge on any atom is -0.481 e. The molecule has 1 N–H and O–H groups in total. The fraction of sp³-hybridized carbons (Fsp3) is 0.500. The number of ketones is 1. The highest BCUT2D eigenvalue weighted by Gasteiger charge is 2.26. The van der Waals surface area contributed by atoms with Gasteiger partial charge in [-0.25, -0.2) is 10.0 Å². The Morgan fingerprint density at radius 2 is 1.69 bits per heavy atom. The Bertz CT molecular complexity index is 274. The van der Waals surface area contributed by atoms with Crippen LogP contribution in [0.15, 0.2) is 25.3 Å². The van der Waals surface area contributed by atoms with E-state index in [-0.39, 0.29) is 11.5 Å². The number of carboxylic acid groups (broad SMARTS) is 1. The van der Waals surface area contributed by atoms with Gasteiger partial charge < -0.3 is 5.11 Å². The number of aliphatic carboxylic acids is 1. The van der Waals surface area contributed by atoms with Crippen molar-refractivity contribution in [2.75, 3.05) is 23.0 Å². The Morgan fingerprint density at radius 3 is 2.00 bits per heavy atom. The molecule has 4 heteroatoms. The molecule has 16 heavy (non-hydrogen) atoms. The van der Waals surface area contributed by atoms with Crippen molar-refractivity contribution in [1.82, 2.24) is 0 Å². The Morgan fingerprint density at radius 1 is 1.19 bits per heavy atom. The Balaban J connectivity index is 4.89. The second kappa shape index (κ2) is 7.28. The zero-order chi connectivity index (χ0) is 12.6. The third-order valence-electron chi connectivity index (χ3n) is 2.23. The van der Waals surface area contributed by atoms with E-state index in [1.165, 1.54) is 0 Å². The first-order valence-corrected chi connectivity index (χ1v) is 7.50. The van der Waals surface area contributed by atoms with Crippen LogP contribution in [0.2, 0.25) is 0 Å². The number of carbonyl (C=O) groups excluding carboxylic acids is 1. The second-order valence-electron chi connectivity index (χ2n) is 3.71. The summed E-state index contributed by atoms with van der Waals surface area (Å²) in [7, 11) is -1.49. The van der Waals surface area contributed by atoms with E-state index in [1.807, 2.05) is 0 Å². The molecular formula is C12H20O3S. The lowest BCUT2D eigenvalue weighted by Gasteiger charge is -2.36. The van der Waals surface area contributed by atoms with Crippen LogP contribution in [0.4, 0.5) is 0 Å². The molecule has 3 nitrogen and oxygen atoms in total. The van der Waals surface area contributed by atoms with Crippen molar-refractivity contribution in [3.8, 4) is 0 Å². The molecule has 0 spiro atoms. The van der Waals surface area contributed by atoms with Crippen LogP contribution in [0.1, 0.15) is 13.3 Å². The average molecular weight is 244 g/mol. The summed E-state index contributed by atoms with van der Waals surface area (Å²) in [6.07, 6.45) is 3.89. The third kappa shape index (κ3) is 5.16. The number of hydrogen-bond donors (Lipinski definition) is 1. The van der Waals surface area contributed by atoms with E-state index in [4.69, 9.17) is 5.11 Å². The molecule has 0 aromatic heterocycles. The monoisotopic (exact) mass is 244 g/mol. The second-order valence-corrected chi connectivity index (χ2v) is 7.40. The summed E-state index contributed by atoms with van der Waals surface area (Å²) >= 11 is 0. The largest absolute Gasteiger partial charge is 0.481 e. The van der Waals surface area contributed by atoms with Crippen LogP contribution >= 0.6 is 10.0 Å². The molecule has 0 aromatic rings. The van der Waals surface area contributed by atoms with Crippen molar-refractivity contribution < 1.29 is 14.7 Å². The van der Waals surface area contributed by atoms with E-state index < -0.39 is 16.0 Å². The smallest absolute Gasteiger partial charge is 0.311 e. The first-order valence-electron chi connectivity index (χ1n) is 5.19. The van der Waals surface area contributed by atoms with Crippen molar-refractivity contribution in [2.45, 2.75) is 13.3 Å². The molecule has 0 aromatic carbocycles. The van der Waals surface area contributed by atoms with Gasteiger partial charge in [-0.05, 0) is 11.5 Å².